The monoisotopic (exact) mass is 168 g/mol. The lowest BCUT2D eigenvalue weighted by Crippen LogP contribution is -1.82. The molecule has 2 nitrogen and oxygen atoms in total. The Labute approximate surface area is 71.9 Å². The second kappa shape index (κ2) is 6.02. The molecule has 0 unspecified atom stereocenters. The quantitative estimate of drug-likeness (QED) is 0.400. The molecule has 60 valence electrons. The van der Waals surface area contributed by atoms with Gasteiger partial charge >= 0.3 is 0 Å². The third kappa shape index (κ3) is 3.87. The van der Waals surface area contributed by atoms with Gasteiger partial charge in [0.25, 0.3) is 0 Å². The molecular formula is C8H12N2S. The van der Waals surface area contributed by atoms with Crippen LogP contribution < -0.4 is 5.14 Å². The highest BCUT2D eigenvalue weighted by Gasteiger charge is 1.93. The molecule has 11 heavy (non-hydrogen) atoms. The van der Waals surface area contributed by atoms with Crippen LogP contribution in [0.15, 0.2) is 22.6 Å². The molecule has 0 radical (unpaired) electrons. The third-order valence-electron chi connectivity index (χ3n) is 1.26. The molecule has 0 saturated heterocycles. The van der Waals surface area contributed by atoms with Crippen LogP contribution in [0, 0.1) is 11.3 Å². The first-order chi connectivity index (χ1) is 5.28. The fraction of sp³-hybridized carbons (Fsp3) is 0.375. The largest absolute Gasteiger partial charge is 0.274 e. The summed E-state index contributed by atoms with van der Waals surface area (Å²) in [5, 5.41) is 13.9. The van der Waals surface area contributed by atoms with Crippen molar-refractivity contribution in [3.8, 4) is 6.07 Å². The summed E-state index contributed by atoms with van der Waals surface area (Å²) in [7, 11) is 0. The number of nitriles is 1. The summed E-state index contributed by atoms with van der Waals surface area (Å²) in [6, 6.07) is 2.10. The number of nitrogens with two attached hydrogens (primary N) is 1. The molecule has 3 heteroatoms. The molecular weight excluding hydrogens is 156 g/mol. The van der Waals surface area contributed by atoms with Gasteiger partial charge in [-0.05, 0) is 31.4 Å². The third-order valence-corrected chi connectivity index (χ3v) is 1.89. The normalized spacial score (nSPS) is 12.9. The second-order valence-electron chi connectivity index (χ2n) is 1.94. The molecule has 0 aliphatic heterocycles. The predicted molar refractivity (Wildman–Crippen MR) is 49.5 cm³/mol. The highest BCUT2D eigenvalue weighted by molar-refractivity contribution is 8.01. The zero-order valence-electron chi connectivity index (χ0n) is 6.79. The van der Waals surface area contributed by atoms with Crippen molar-refractivity contribution in [2.75, 3.05) is 0 Å². The maximum absolute atomic E-state index is 8.57. The predicted octanol–water partition coefficient (Wildman–Crippen LogP) is 2.36. The number of rotatable bonds is 3. The minimum absolute atomic E-state index is 0.758. The van der Waals surface area contributed by atoms with E-state index in [4.69, 9.17) is 10.4 Å². The van der Waals surface area contributed by atoms with E-state index in [0.29, 0.717) is 0 Å². The summed E-state index contributed by atoms with van der Waals surface area (Å²) in [5.74, 6) is 0. The molecule has 0 rings (SSSR count). The topological polar surface area (TPSA) is 49.8 Å². The summed E-state index contributed by atoms with van der Waals surface area (Å²) in [4.78, 5) is 0.934. The van der Waals surface area contributed by atoms with Crippen LogP contribution >= 0.6 is 11.9 Å². The minimum atomic E-state index is 0.758. The molecule has 0 aliphatic carbocycles. The van der Waals surface area contributed by atoms with Crippen molar-refractivity contribution in [3.05, 3.63) is 22.6 Å². The Morgan fingerprint density at radius 1 is 1.73 bits per heavy atom. The van der Waals surface area contributed by atoms with Gasteiger partial charge in [0.2, 0.25) is 0 Å². The summed E-state index contributed by atoms with van der Waals surface area (Å²) >= 11 is 1.16. The molecule has 0 aliphatic rings. The molecule has 0 aromatic carbocycles. The zero-order valence-corrected chi connectivity index (χ0v) is 7.61. The van der Waals surface area contributed by atoms with Crippen LogP contribution in [0.1, 0.15) is 20.3 Å². The van der Waals surface area contributed by atoms with Gasteiger partial charge in [-0.25, -0.2) is 0 Å². The molecule has 2 N–H and O–H groups in total. The van der Waals surface area contributed by atoms with E-state index in [0.717, 1.165) is 28.8 Å². The molecule has 0 aromatic heterocycles. The Morgan fingerprint density at radius 2 is 2.36 bits per heavy atom. The van der Waals surface area contributed by atoms with E-state index >= 15 is 0 Å². The number of nitrogens with zero attached hydrogens (tertiary/aromatic N) is 1. The maximum Gasteiger partial charge on any atom is 0.0947 e. The molecule has 0 fully saturated rings. The minimum Gasteiger partial charge on any atom is -0.274 e. The summed E-state index contributed by atoms with van der Waals surface area (Å²) in [6.07, 6.45) is 4.46. The van der Waals surface area contributed by atoms with E-state index < -0.39 is 0 Å². The van der Waals surface area contributed by atoms with Crippen LogP contribution in [0.2, 0.25) is 0 Å². The molecule has 0 saturated carbocycles. The van der Waals surface area contributed by atoms with Crippen LogP contribution in [0.25, 0.3) is 0 Å². The highest BCUT2D eigenvalue weighted by atomic mass is 32.2. The zero-order chi connectivity index (χ0) is 8.69. The van der Waals surface area contributed by atoms with Gasteiger partial charge in [-0.3, -0.25) is 5.14 Å². The van der Waals surface area contributed by atoms with Crippen molar-refractivity contribution in [1.82, 2.24) is 0 Å². The Balaban J connectivity index is 4.39. The number of allylic oxidation sites excluding steroid dienone is 3. The van der Waals surface area contributed by atoms with Gasteiger partial charge in [-0.15, -0.1) is 0 Å². The second-order valence-corrected chi connectivity index (χ2v) is 2.65. The Hall–Kier alpha value is -0.720. The van der Waals surface area contributed by atoms with Gasteiger partial charge in [0.1, 0.15) is 0 Å². The van der Waals surface area contributed by atoms with Gasteiger partial charge in [-0.2, -0.15) is 5.26 Å². The van der Waals surface area contributed by atoms with E-state index in [1.54, 1.807) is 0 Å². The van der Waals surface area contributed by atoms with Crippen LogP contribution in [-0.4, -0.2) is 0 Å². The average Bonchev–Trinajstić information content (AvgIpc) is 2.07. The van der Waals surface area contributed by atoms with E-state index in [1.807, 2.05) is 26.0 Å². The lowest BCUT2D eigenvalue weighted by molar-refractivity contribution is 1.15. The molecule has 0 amide bonds. The maximum atomic E-state index is 8.57. The Bertz CT molecular complexity index is 211. The molecule has 0 atom stereocenters. The lowest BCUT2D eigenvalue weighted by Gasteiger charge is -1.94. The van der Waals surface area contributed by atoms with E-state index in [1.165, 1.54) is 0 Å². The summed E-state index contributed by atoms with van der Waals surface area (Å²) in [6.45, 7) is 3.85. The van der Waals surface area contributed by atoms with Gasteiger partial charge in [0.15, 0.2) is 0 Å². The van der Waals surface area contributed by atoms with Crippen molar-refractivity contribution < 1.29 is 0 Å². The van der Waals surface area contributed by atoms with Gasteiger partial charge in [-0.1, -0.05) is 13.0 Å². The number of hydrogen-bond donors (Lipinski definition) is 1. The fourth-order valence-corrected chi connectivity index (χ4v) is 0.917. The van der Waals surface area contributed by atoms with E-state index in [-0.39, 0.29) is 0 Å². The van der Waals surface area contributed by atoms with Crippen LogP contribution in [0.3, 0.4) is 0 Å². The smallest absolute Gasteiger partial charge is 0.0947 e. The summed E-state index contributed by atoms with van der Waals surface area (Å²) < 4.78 is 0. The SMILES string of the molecule is C/C=C(\C=C(\C#N)CC)SN. The average molecular weight is 168 g/mol. The van der Waals surface area contributed by atoms with Crippen LogP contribution in [0.5, 0.6) is 0 Å². The first-order valence-electron chi connectivity index (χ1n) is 3.42. The lowest BCUT2D eigenvalue weighted by atomic mass is 10.2. The molecule has 0 spiro atoms. The van der Waals surface area contributed by atoms with Crippen molar-refractivity contribution >= 4 is 11.9 Å². The van der Waals surface area contributed by atoms with E-state index in [9.17, 15) is 0 Å². The van der Waals surface area contributed by atoms with Crippen molar-refractivity contribution in [3.63, 3.8) is 0 Å². The van der Waals surface area contributed by atoms with Gasteiger partial charge < -0.3 is 0 Å². The van der Waals surface area contributed by atoms with Crippen molar-refractivity contribution in [2.45, 2.75) is 20.3 Å². The van der Waals surface area contributed by atoms with Crippen molar-refractivity contribution in [1.29, 1.82) is 5.26 Å². The molecule has 0 aromatic rings. The molecule has 0 heterocycles. The fourth-order valence-electron chi connectivity index (χ4n) is 0.571. The number of hydrogen-bond acceptors (Lipinski definition) is 3. The molecule has 0 bridgehead atoms. The first-order valence-corrected chi connectivity index (χ1v) is 4.30. The van der Waals surface area contributed by atoms with E-state index in [2.05, 4.69) is 6.07 Å². The summed E-state index contributed by atoms with van der Waals surface area (Å²) in [5.41, 5.74) is 0.760. The van der Waals surface area contributed by atoms with Gasteiger partial charge in [0.05, 0.1) is 6.07 Å². The van der Waals surface area contributed by atoms with Crippen LogP contribution in [0.4, 0.5) is 0 Å². The first kappa shape index (κ1) is 10.3. The Morgan fingerprint density at radius 3 is 2.64 bits per heavy atom. The van der Waals surface area contributed by atoms with Crippen molar-refractivity contribution in [2.24, 2.45) is 5.14 Å². The highest BCUT2D eigenvalue weighted by Crippen LogP contribution is 2.13. The van der Waals surface area contributed by atoms with Gasteiger partial charge in [0, 0.05) is 10.5 Å². The Kier molecular flexibility index (Phi) is 5.63. The van der Waals surface area contributed by atoms with Crippen LogP contribution in [-0.2, 0) is 0 Å². The standard InChI is InChI=1S/C8H12N2S/c1-3-7(6-9)5-8(4-2)11-10/h4-5H,3,10H2,1-2H3/b7-5+,8-4+.